The van der Waals surface area contributed by atoms with Gasteiger partial charge in [0, 0.05) is 23.5 Å². The van der Waals surface area contributed by atoms with Crippen LogP contribution in [0.3, 0.4) is 0 Å². The van der Waals surface area contributed by atoms with Crippen LogP contribution in [0.5, 0.6) is 0 Å². The minimum atomic E-state index is -1.02. The average Bonchev–Trinajstić information content (AvgIpc) is 2.42. The molecule has 4 nitrogen and oxygen atoms in total. The third kappa shape index (κ3) is 2.42. The third-order valence-electron chi connectivity index (χ3n) is 2.41. The molecule has 0 saturated heterocycles. The molecular weight excluding hydrogens is 216 g/mol. The van der Waals surface area contributed by atoms with E-state index in [4.69, 9.17) is 0 Å². The molecule has 1 heterocycles. The summed E-state index contributed by atoms with van der Waals surface area (Å²) >= 11 is 0. The van der Waals surface area contributed by atoms with E-state index in [1.807, 2.05) is 6.07 Å². The summed E-state index contributed by atoms with van der Waals surface area (Å²) in [5.74, 6) is -0.311. The second-order valence-corrected chi connectivity index (χ2v) is 3.52. The molecule has 0 aliphatic heterocycles. The number of Topliss-reactive ketones (excluding diaryl/α,β-unsaturated/α-hetero) is 1. The maximum atomic E-state index is 12.1. The zero-order chi connectivity index (χ0) is 12.1. The second-order valence-electron chi connectivity index (χ2n) is 3.52. The van der Waals surface area contributed by atoms with Gasteiger partial charge in [-0.1, -0.05) is 41.6 Å². The molecule has 1 unspecified atom stereocenters. The number of carbonyl (C=O) groups is 1. The lowest BCUT2D eigenvalue weighted by Crippen LogP contribution is -2.10. The Balaban J connectivity index is 2.32. The molecule has 1 aromatic heterocycles. The number of carbonyl (C=O) groups excluding carboxylic acids is 1. The Bertz CT molecular complexity index is 511. The van der Waals surface area contributed by atoms with Gasteiger partial charge in [0.05, 0.1) is 0 Å². The zero-order valence-corrected chi connectivity index (χ0v) is 8.98. The second kappa shape index (κ2) is 5.12. The first-order valence-electron chi connectivity index (χ1n) is 5.14. The molecule has 2 rings (SSSR count). The largest absolute Gasteiger partial charge is 0.291 e. The third-order valence-corrected chi connectivity index (χ3v) is 2.41. The maximum Gasteiger partial charge on any atom is 0.195 e. The van der Waals surface area contributed by atoms with Crippen LogP contribution in [0, 0.1) is 4.91 Å². The molecule has 4 heteroatoms. The Kier molecular flexibility index (Phi) is 3.35. The molecule has 0 fully saturated rings. The Morgan fingerprint density at radius 1 is 1.12 bits per heavy atom. The molecule has 0 saturated carbocycles. The summed E-state index contributed by atoms with van der Waals surface area (Å²) in [7, 11) is 0. The molecule has 17 heavy (non-hydrogen) atoms. The number of nitrogens with zero attached hydrogens (tertiary/aromatic N) is 2. The summed E-state index contributed by atoms with van der Waals surface area (Å²) in [6, 6.07) is 11.0. The number of nitroso groups, excluding NO2 is 1. The molecular formula is C13H10N2O2. The van der Waals surface area contributed by atoms with Gasteiger partial charge in [0.15, 0.2) is 11.8 Å². The van der Waals surface area contributed by atoms with Crippen LogP contribution in [-0.2, 0) is 0 Å². The van der Waals surface area contributed by atoms with Gasteiger partial charge >= 0.3 is 0 Å². The molecule has 0 bridgehead atoms. The Morgan fingerprint density at radius 2 is 1.88 bits per heavy atom. The van der Waals surface area contributed by atoms with E-state index in [0.717, 1.165) is 0 Å². The fourth-order valence-corrected chi connectivity index (χ4v) is 1.56. The van der Waals surface area contributed by atoms with E-state index in [0.29, 0.717) is 11.1 Å². The maximum absolute atomic E-state index is 12.1. The van der Waals surface area contributed by atoms with Crippen LogP contribution in [0.1, 0.15) is 22.0 Å². The van der Waals surface area contributed by atoms with Crippen molar-refractivity contribution in [2.75, 3.05) is 0 Å². The van der Waals surface area contributed by atoms with Gasteiger partial charge in [-0.25, -0.2) is 0 Å². The van der Waals surface area contributed by atoms with Gasteiger partial charge in [0.25, 0.3) is 0 Å². The fourth-order valence-electron chi connectivity index (χ4n) is 1.56. The van der Waals surface area contributed by atoms with Crippen molar-refractivity contribution in [1.82, 2.24) is 4.98 Å². The van der Waals surface area contributed by atoms with Crippen LogP contribution < -0.4 is 0 Å². The van der Waals surface area contributed by atoms with Crippen molar-refractivity contribution in [3.63, 3.8) is 0 Å². The number of hydrogen-bond acceptors (Lipinski definition) is 4. The summed E-state index contributed by atoms with van der Waals surface area (Å²) < 4.78 is 0. The van der Waals surface area contributed by atoms with E-state index in [1.165, 1.54) is 6.20 Å². The van der Waals surface area contributed by atoms with Crippen LogP contribution in [0.15, 0.2) is 60.0 Å². The quantitative estimate of drug-likeness (QED) is 0.595. The lowest BCUT2D eigenvalue weighted by Gasteiger charge is -2.07. The number of ketones is 1. The molecule has 2 aromatic rings. The smallest absolute Gasteiger partial charge is 0.195 e. The van der Waals surface area contributed by atoms with Gasteiger partial charge in [-0.05, 0) is 6.07 Å². The van der Waals surface area contributed by atoms with Crippen molar-refractivity contribution < 1.29 is 4.79 Å². The van der Waals surface area contributed by atoms with Gasteiger partial charge in [-0.2, -0.15) is 0 Å². The monoisotopic (exact) mass is 226 g/mol. The van der Waals surface area contributed by atoms with E-state index < -0.39 is 6.04 Å². The first kappa shape index (κ1) is 11.1. The molecule has 0 aliphatic rings. The fraction of sp³-hybridized carbons (Fsp3) is 0.0769. The number of hydrogen-bond donors (Lipinski definition) is 0. The van der Waals surface area contributed by atoms with Crippen LogP contribution >= 0.6 is 0 Å². The zero-order valence-electron chi connectivity index (χ0n) is 8.98. The van der Waals surface area contributed by atoms with Crippen molar-refractivity contribution >= 4 is 5.78 Å². The van der Waals surface area contributed by atoms with E-state index in [9.17, 15) is 9.70 Å². The highest BCUT2D eigenvalue weighted by Gasteiger charge is 2.22. The van der Waals surface area contributed by atoms with Crippen LogP contribution in [0.25, 0.3) is 0 Å². The summed E-state index contributed by atoms with van der Waals surface area (Å²) in [5.41, 5.74) is 0.984. The molecule has 0 radical (unpaired) electrons. The number of pyridine rings is 1. The van der Waals surface area contributed by atoms with Crippen molar-refractivity contribution in [2.24, 2.45) is 5.18 Å². The predicted octanol–water partition coefficient (Wildman–Crippen LogP) is 2.77. The van der Waals surface area contributed by atoms with Crippen molar-refractivity contribution in [1.29, 1.82) is 0 Å². The number of aromatic nitrogens is 1. The van der Waals surface area contributed by atoms with Crippen molar-refractivity contribution in [3.05, 3.63) is 70.9 Å². The molecule has 84 valence electrons. The topological polar surface area (TPSA) is 59.4 Å². The minimum Gasteiger partial charge on any atom is -0.291 e. The standard InChI is InChI=1S/C13H10N2O2/c16-13(10-5-2-1-3-6-10)12(15-17)11-7-4-8-14-9-11/h1-9,12H. The summed E-state index contributed by atoms with van der Waals surface area (Å²) in [5, 5.41) is 2.90. The van der Waals surface area contributed by atoms with Gasteiger partial charge in [-0.15, -0.1) is 4.91 Å². The van der Waals surface area contributed by atoms with Gasteiger partial charge < -0.3 is 0 Å². The van der Waals surface area contributed by atoms with E-state index >= 15 is 0 Å². The lowest BCUT2D eigenvalue weighted by molar-refractivity contribution is 0.0961. The minimum absolute atomic E-state index is 0.311. The lowest BCUT2D eigenvalue weighted by atomic mass is 10.00. The van der Waals surface area contributed by atoms with Crippen LogP contribution in [-0.4, -0.2) is 10.8 Å². The van der Waals surface area contributed by atoms with Gasteiger partial charge in [0.2, 0.25) is 0 Å². The highest BCUT2D eigenvalue weighted by molar-refractivity contribution is 6.00. The average molecular weight is 226 g/mol. The molecule has 1 aromatic carbocycles. The van der Waals surface area contributed by atoms with E-state index in [-0.39, 0.29) is 5.78 Å². The summed E-state index contributed by atoms with van der Waals surface area (Å²) in [6.45, 7) is 0. The van der Waals surface area contributed by atoms with Crippen LogP contribution in [0.2, 0.25) is 0 Å². The van der Waals surface area contributed by atoms with Crippen molar-refractivity contribution in [3.8, 4) is 0 Å². The number of benzene rings is 1. The Hall–Kier alpha value is -2.36. The normalized spacial score (nSPS) is 11.8. The molecule has 1 atom stereocenters. The summed E-state index contributed by atoms with van der Waals surface area (Å²) in [6.07, 6.45) is 3.06. The molecule has 0 aliphatic carbocycles. The predicted molar refractivity (Wildman–Crippen MR) is 63.5 cm³/mol. The highest BCUT2D eigenvalue weighted by Crippen LogP contribution is 2.21. The Labute approximate surface area is 98.3 Å². The van der Waals surface area contributed by atoms with Gasteiger partial charge in [-0.3, -0.25) is 9.78 Å². The molecule has 0 N–H and O–H groups in total. The first-order chi connectivity index (χ1) is 8.33. The Morgan fingerprint density at radius 3 is 2.47 bits per heavy atom. The highest BCUT2D eigenvalue weighted by atomic mass is 16.3. The first-order valence-corrected chi connectivity index (χ1v) is 5.14. The summed E-state index contributed by atoms with van der Waals surface area (Å²) in [4.78, 5) is 26.8. The van der Waals surface area contributed by atoms with Gasteiger partial charge in [0.1, 0.15) is 0 Å². The van der Waals surface area contributed by atoms with Crippen LogP contribution in [0.4, 0.5) is 0 Å². The van der Waals surface area contributed by atoms with E-state index in [1.54, 1.807) is 42.6 Å². The molecule has 0 amide bonds. The number of rotatable bonds is 4. The molecule has 0 spiro atoms. The SMILES string of the molecule is O=NC(C(=O)c1ccccc1)c1cccnc1. The van der Waals surface area contributed by atoms with Crippen molar-refractivity contribution in [2.45, 2.75) is 6.04 Å². The van der Waals surface area contributed by atoms with E-state index in [2.05, 4.69) is 10.2 Å².